The van der Waals surface area contributed by atoms with Gasteiger partial charge in [-0.05, 0) is 72.1 Å². The molecular formula is C27H33N7O2. The maximum absolute atomic E-state index is 12.3. The summed E-state index contributed by atoms with van der Waals surface area (Å²) in [5.41, 5.74) is 3.41. The second-order valence-corrected chi connectivity index (χ2v) is 10.6. The Morgan fingerprint density at radius 2 is 1.83 bits per heavy atom. The molecule has 3 heterocycles. The van der Waals surface area contributed by atoms with Crippen LogP contribution in [0.5, 0.6) is 0 Å². The molecule has 1 amide bonds. The largest absolute Gasteiger partial charge is 0.370 e. The van der Waals surface area contributed by atoms with Crippen molar-refractivity contribution in [2.24, 2.45) is 0 Å². The molecule has 0 aliphatic carbocycles. The fraction of sp³-hybridized carbons (Fsp3) is 0.444. The lowest BCUT2D eigenvalue weighted by molar-refractivity contribution is -0.170. The molecule has 0 spiro atoms. The molecule has 1 unspecified atom stereocenters. The summed E-state index contributed by atoms with van der Waals surface area (Å²) in [6.45, 7) is 12.1. The number of aromatic nitrogens is 4. The summed E-state index contributed by atoms with van der Waals surface area (Å²) in [6, 6.07) is 8.82. The summed E-state index contributed by atoms with van der Waals surface area (Å²) in [4.78, 5) is 21.4. The Balaban J connectivity index is 1.50. The minimum atomic E-state index is -0.552. The molecule has 2 N–H and O–H groups in total. The predicted molar refractivity (Wildman–Crippen MR) is 138 cm³/mol. The zero-order valence-corrected chi connectivity index (χ0v) is 21.7. The zero-order chi connectivity index (χ0) is 26.1. The van der Waals surface area contributed by atoms with Crippen molar-refractivity contribution in [2.45, 2.75) is 77.7 Å². The molecular weight excluding hydrogens is 454 g/mol. The van der Waals surface area contributed by atoms with E-state index < -0.39 is 6.04 Å². The molecule has 4 rings (SSSR count). The van der Waals surface area contributed by atoms with Crippen LogP contribution in [-0.4, -0.2) is 42.9 Å². The average molecular weight is 488 g/mol. The average Bonchev–Trinajstić information content (AvgIpc) is 3.27. The smallest absolute Gasteiger partial charge is 0.252 e. The summed E-state index contributed by atoms with van der Waals surface area (Å²) < 4.78 is 8.21. The van der Waals surface area contributed by atoms with Gasteiger partial charge in [-0.3, -0.25) is 9.48 Å². The molecule has 2 aromatic heterocycles. The van der Waals surface area contributed by atoms with Crippen molar-refractivity contribution >= 4 is 17.5 Å². The molecule has 9 heteroatoms. The van der Waals surface area contributed by atoms with E-state index >= 15 is 0 Å². The fourth-order valence-electron chi connectivity index (χ4n) is 4.84. The van der Waals surface area contributed by atoms with Crippen LogP contribution in [0.4, 0.5) is 11.6 Å². The van der Waals surface area contributed by atoms with E-state index in [1.807, 2.05) is 36.0 Å². The third-order valence-corrected chi connectivity index (χ3v) is 6.17. The van der Waals surface area contributed by atoms with Crippen LogP contribution >= 0.6 is 0 Å². The highest BCUT2D eigenvalue weighted by molar-refractivity contribution is 5.95. The Morgan fingerprint density at radius 3 is 2.47 bits per heavy atom. The first-order valence-corrected chi connectivity index (χ1v) is 12.1. The number of anilines is 2. The molecule has 1 aromatic carbocycles. The first kappa shape index (κ1) is 25.3. The molecule has 1 atom stereocenters. The van der Waals surface area contributed by atoms with E-state index in [0.29, 0.717) is 11.5 Å². The van der Waals surface area contributed by atoms with E-state index in [1.54, 1.807) is 31.5 Å². The topological polar surface area (TPSA) is 118 Å². The number of ether oxygens (including phenoxy) is 1. The lowest BCUT2D eigenvalue weighted by Gasteiger charge is -2.45. The van der Waals surface area contributed by atoms with Gasteiger partial charge in [0.05, 0.1) is 40.9 Å². The molecule has 1 aliphatic heterocycles. The van der Waals surface area contributed by atoms with Gasteiger partial charge in [0.15, 0.2) is 0 Å². The number of aryl methyl sites for hydroxylation is 1. The quantitative estimate of drug-likeness (QED) is 0.505. The van der Waals surface area contributed by atoms with Gasteiger partial charge in [0.25, 0.3) is 5.91 Å². The minimum Gasteiger partial charge on any atom is -0.370 e. The molecule has 0 radical (unpaired) electrons. The monoisotopic (exact) mass is 487 g/mol. The normalized spacial score (nSPS) is 17.7. The molecule has 1 aliphatic rings. The number of hydrogen-bond donors (Lipinski definition) is 2. The zero-order valence-electron chi connectivity index (χ0n) is 21.7. The van der Waals surface area contributed by atoms with Crippen LogP contribution in [0.1, 0.15) is 69.4 Å². The Labute approximate surface area is 211 Å². The number of nitrogens with zero attached hydrogens (tertiary/aromatic N) is 5. The summed E-state index contributed by atoms with van der Waals surface area (Å²) in [7, 11) is 0. The number of benzene rings is 1. The lowest BCUT2D eigenvalue weighted by Crippen LogP contribution is -2.45. The minimum absolute atomic E-state index is 0.217. The van der Waals surface area contributed by atoms with E-state index in [2.05, 4.69) is 48.4 Å². The van der Waals surface area contributed by atoms with Crippen molar-refractivity contribution < 1.29 is 9.53 Å². The number of hydrogen-bond acceptors (Lipinski definition) is 7. The summed E-state index contributed by atoms with van der Waals surface area (Å²) in [5, 5.41) is 19.4. The first-order chi connectivity index (χ1) is 16.9. The molecule has 36 heavy (non-hydrogen) atoms. The van der Waals surface area contributed by atoms with Crippen LogP contribution in [0.3, 0.4) is 0 Å². The second kappa shape index (κ2) is 9.70. The van der Waals surface area contributed by atoms with Crippen molar-refractivity contribution in [3.05, 3.63) is 54.0 Å². The van der Waals surface area contributed by atoms with E-state index in [4.69, 9.17) is 15.0 Å². The van der Waals surface area contributed by atoms with Gasteiger partial charge in [-0.1, -0.05) is 12.1 Å². The summed E-state index contributed by atoms with van der Waals surface area (Å²) in [6.07, 6.45) is 7.31. The van der Waals surface area contributed by atoms with Gasteiger partial charge < -0.3 is 15.4 Å². The van der Waals surface area contributed by atoms with Gasteiger partial charge in [0.1, 0.15) is 6.04 Å². The molecule has 9 nitrogen and oxygen atoms in total. The van der Waals surface area contributed by atoms with Gasteiger partial charge in [0.2, 0.25) is 5.95 Å². The Morgan fingerprint density at radius 1 is 1.17 bits per heavy atom. The Hall–Kier alpha value is -3.77. The van der Waals surface area contributed by atoms with Crippen LogP contribution in [0, 0.1) is 18.3 Å². The van der Waals surface area contributed by atoms with Crippen LogP contribution in [-0.2, 0) is 4.74 Å². The van der Waals surface area contributed by atoms with E-state index in [9.17, 15) is 4.79 Å². The Bertz CT molecular complexity index is 1270. The van der Waals surface area contributed by atoms with Crippen LogP contribution in [0.25, 0.3) is 11.3 Å². The van der Waals surface area contributed by atoms with Crippen LogP contribution in [0.15, 0.2) is 42.9 Å². The molecule has 188 valence electrons. The van der Waals surface area contributed by atoms with Crippen molar-refractivity contribution in [1.29, 1.82) is 5.26 Å². The Kier molecular flexibility index (Phi) is 6.83. The summed E-state index contributed by atoms with van der Waals surface area (Å²) in [5.74, 6) is 0.179. The van der Waals surface area contributed by atoms with Crippen molar-refractivity contribution in [1.82, 2.24) is 25.1 Å². The maximum atomic E-state index is 12.3. The molecule has 0 saturated carbocycles. The fourth-order valence-corrected chi connectivity index (χ4v) is 4.84. The van der Waals surface area contributed by atoms with Crippen molar-refractivity contribution in [3.63, 3.8) is 0 Å². The standard InChI is InChI=1S/C27H33N7O2/c1-17-14-29-25(33-23(17)19-7-9-20(10-8-19)24(35)31-18(2)13-28)32-21-15-30-34(16-21)22-11-26(3,4)36-27(5,6)12-22/h7-10,14-16,18,22H,11-12H2,1-6H3,(H,31,35)(H,29,32,33). The van der Waals surface area contributed by atoms with Crippen LogP contribution < -0.4 is 10.6 Å². The molecule has 3 aromatic rings. The highest BCUT2D eigenvalue weighted by Gasteiger charge is 2.40. The molecule has 1 saturated heterocycles. The number of carbonyl (C=O) groups excluding carboxylic acids is 1. The highest BCUT2D eigenvalue weighted by atomic mass is 16.5. The SMILES string of the molecule is Cc1cnc(Nc2cnn(C3CC(C)(C)OC(C)(C)C3)c2)nc1-c1ccc(C(=O)NC(C)C#N)cc1. The third kappa shape index (κ3) is 5.89. The first-order valence-electron chi connectivity index (χ1n) is 12.1. The number of carbonyl (C=O) groups is 1. The van der Waals surface area contributed by atoms with Crippen LogP contribution in [0.2, 0.25) is 0 Å². The van der Waals surface area contributed by atoms with Gasteiger partial charge >= 0.3 is 0 Å². The number of amides is 1. The van der Waals surface area contributed by atoms with Gasteiger partial charge in [0, 0.05) is 23.5 Å². The number of nitrogens with one attached hydrogen (secondary N) is 2. The van der Waals surface area contributed by atoms with Crippen molar-refractivity contribution in [2.75, 3.05) is 5.32 Å². The van der Waals surface area contributed by atoms with Gasteiger partial charge in [-0.2, -0.15) is 10.4 Å². The molecule has 0 bridgehead atoms. The number of nitriles is 1. The maximum Gasteiger partial charge on any atom is 0.252 e. The summed E-state index contributed by atoms with van der Waals surface area (Å²) >= 11 is 0. The number of rotatable bonds is 6. The van der Waals surface area contributed by atoms with E-state index in [0.717, 1.165) is 35.3 Å². The van der Waals surface area contributed by atoms with Gasteiger partial charge in [-0.25, -0.2) is 9.97 Å². The van der Waals surface area contributed by atoms with Crippen molar-refractivity contribution in [3.8, 4) is 17.3 Å². The second-order valence-electron chi connectivity index (χ2n) is 10.6. The predicted octanol–water partition coefficient (Wildman–Crippen LogP) is 4.94. The molecule has 1 fully saturated rings. The third-order valence-electron chi connectivity index (χ3n) is 6.17. The van der Waals surface area contributed by atoms with E-state index in [1.165, 1.54) is 0 Å². The van der Waals surface area contributed by atoms with E-state index in [-0.39, 0.29) is 23.2 Å². The van der Waals surface area contributed by atoms with Gasteiger partial charge in [-0.15, -0.1) is 0 Å². The lowest BCUT2D eigenvalue weighted by atomic mass is 9.85. The highest BCUT2D eigenvalue weighted by Crippen LogP contribution is 2.40.